The Morgan fingerprint density at radius 1 is 0.879 bits per heavy atom. The molecule has 0 amide bonds. The number of methoxy groups -OCH3 is 2. The van der Waals surface area contributed by atoms with Crippen LogP contribution in [-0.2, 0) is 13.1 Å². The topological polar surface area (TPSA) is 78.5 Å². The molecule has 0 aliphatic heterocycles. The van der Waals surface area contributed by atoms with Crippen LogP contribution >= 0.6 is 0 Å². The predicted octanol–water partition coefficient (Wildman–Crippen LogP) is 3.89. The van der Waals surface area contributed by atoms with Gasteiger partial charge in [0.2, 0.25) is 0 Å². The second-order valence-electron chi connectivity index (χ2n) is 7.50. The Labute approximate surface area is 191 Å². The first-order valence-corrected chi connectivity index (χ1v) is 10.6. The smallest absolute Gasteiger partial charge is 0.160 e. The fourth-order valence-corrected chi connectivity index (χ4v) is 3.80. The zero-order chi connectivity index (χ0) is 22.6. The van der Waals surface area contributed by atoms with Gasteiger partial charge in [-0.25, -0.2) is 4.68 Å². The summed E-state index contributed by atoms with van der Waals surface area (Å²) in [6.45, 7) is 1.15. The third-order valence-electron chi connectivity index (χ3n) is 5.46. The first kappa shape index (κ1) is 20.7. The molecule has 0 saturated heterocycles. The highest BCUT2D eigenvalue weighted by molar-refractivity contribution is 5.72. The van der Waals surface area contributed by atoms with Crippen molar-refractivity contribution in [2.45, 2.75) is 13.1 Å². The third-order valence-corrected chi connectivity index (χ3v) is 5.46. The Morgan fingerprint density at radius 2 is 1.73 bits per heavy atom. The maximum atomic E-state index is 5.63. The molecule has 0 radical (unpaired) electrons. The van der Waals surface area contributed by atoms with E-state index in [1.807, 2.05) is 88.2 Å². The van der Waals surface area contributed by atoms with Gasteiger partial charge in [-0.05, 0) is 42.5 Å². The highest BCUT2D eigenvalue weighted by atomic mass is 16.5. The highest BCUT2D eigenvalue weighted by Gasteiger charge is 2.17. The standard InChI is InChI=1S/C25H24N6O2/c1-32-20-11-12-22(33-2)21(14-20)25-18(17-31(29-25)19-8-4-3-5-9-19)15-26-16-24-28-27-23-10-6-7-13-30(23)24/h3-14,17,26H,15-16H2,1-2H3. The average molecular weight is 441 g/mol. The minimum absolute atomic E-state index is 0.566. The first-order chi connectivity index (χ1) is 16.3. The molecule has 2 aromatic carbocycles. The van der Waals surface area contributed by atoms with Crippen LogP contribution in [0.4, 0.5) is 0 Å². The zero-order valence-corrected chi connectivity index (χ0v) is 18.5. The lowest BCUT2D eigenvalue weighted by Crippen LogP contribution is -2.15. The van der Waals surface area contributed by atoms with Gasteiger partial charge in [0.15, 0.2) is 11.5 Å². The van der Waals surface area contributed by atoms with Crippen LogP contribution < -0.4 is 14.8 Å². The SMILES string of the molecule is COc1ccc(OC)c(-c2nn(-c3ccccc3)cc2CNCc2nnc3ccccn23)c1. The molecule has 0 bridgehead atoms. The maximum Gasteiger partial charge on any atom is 0.160 e. The van der Waals surface area contributed by atoms with Gasteiger partial charge in [0.1, 0.15) is 17.2 Å². The number of pyridine rings is 1. The van der Waals surface area contributed by atoms with Crippen molar-refractivity contribution in [1.82, 2.24) is 29.7 Å². The van der Waals surface area contributed by atoms with Crippen LogP contribution in [0.3, 0.4) is 0 Å². The Morgan fingerprint density at radius 3 is 2.55 bits per heavy atom. The van der Waals surface area contributed by atoms with E-state index in [1.54, 1.807) is 14.2 Å². The second-order valence-corrected chi connectivity index (χ2v) is 7.50. The summed E-state index contributed by atoms with van der Waals surface area (Å²) in [6.07, 6.45) is 4.00. The maximum absolute atomic E-state index is 5.63. The number of aromatic nitrogens is 5. The molecular weight excluding hydrogens is 416 g/mol. The summed E-state index contributed by atoms with van der Waals surface area (Å²) in [6, 6.07) is 21.6. The summed E-state index contributed by atoms with van der Waals surface area (Å²) < 4.78 is 15.0. The van der Waals surface area contributed by atoms with Crippen LogP contribution in [0.5, 0.6) is 11.5 Å². The molecule has 0 unspecified atom stereocenters. The van der Waals surface area contributed by atoms with Gasteiger partial charge in [-0.15, -0.1) is 10.2 Å². The fraction of sp³-hybridized carbons (Fsp3) is 0.160. The number of para-hydroxylation sites is 1. The van der Waals surface area contributed by atoms with Gasteiger partial charge in [0.25, 0.3) is 0 Å². The Bertz CT molecular complexity index is 1380. The number of nitrogens with one attached hydrogen (secondary N) is 1. The number of hydrogen-bond donors (Lipinski definition) is 1. The van der Waals surface area contributed by atoms with Crippen LogP contribution in [0.25, 0.3) is 22.6 Å². The van der Waals surface area contributed by atoms with E-state index in [-0.39, 0.29) is 0 Å². The molecule has 5 rings (SSSR count). The lowest BCUT2D eigenvalue weighted by Gasteiger charge is -2.10. The number of benzene rings is 2. The lowest BCUT2D eigenvalue weighted by molar-refractivity contribution is 0.404. The summed E-state index contributed by atoms with van der Waals surface area (Å²) in [5.41, 5.74) is 4.53. The molecule has 8 nitrogen and oxygen atoms in total. The van der Waals surface area contributed by atoms with Crippen LogP contribution in [0, 0.1) is 0 Å². The number of hydrogen-bond acceptors (Lipinski definition) is 6. The molecule has 1 N–H and O–H groups in total. The van der Waals surface area contributed by atoms with Crippen LogP contribution in [0.2, 0.25) is 0 Å². The van der Waals surface area contributed by atoms with Crippen molar-refractivity contribution in [1.29, 1.82) is 0 Å². The van der Waals surface area contributed by atoms with Crippen molar-refractivity contribution in [3.05, 3.63) is 90.5 Å². The van der Waals surface area contributed by atoms with E-state index in [1.165, 1.54) is 0 Å². The van der Waals surface area contributed by atoms with E-state index in [0.717, 1.165) is 45.5 Å². The summed E-state index contributed by atoms with van der Waals surface area (Å²) in [5.74, 6) is 2.33. The van der Waals surface area contributed by atoms with Crippen LogP contribution in [0.1, 0.15) is 11.4 Å². The number of ether oxygens (including phenoxy) is 2. The Balaban J connectivity index is 1.48. The van der Waals surface area contributed by atoms with Gasteiger partial charge in [0.05, 0.1) is 26.5 Å². The number of rotatable bonds is 8. The van der Waals surface area contributed by atoms with Gasteiger partial charge in [-0.2, -0.15) is 5.10 Å². The molecule has 33 heavy (non-hydrogen) atoms. The van der Waals surface area contributed by atoms with Crippen molar-refractivity contribution in [3.8, 4) is 28.4 Å². The van der Waals surface area contributed by atoms with E-state index < -0.39 is 0 Å². The zero-order valence-electron chi connectivity index (χ0n) is 18.5. The molecule has 0 atom stereocenters. The van der Waals surface area contributed by atoms with Crippen molar-refractivity contribution in [2.24, 2.45) is 0 Å². The minimum Gasteiger partial charge on any atom is -0.497 e. The quantitative estimate of drug-likeness (QED) is 0.394. The first-order valence-electron chi connectivity index (χ1n) is 10.6. The summed E-state index contributed by atoms with van der Waals surface area (Å²) in [5, 5.41) is 16.9. The van der Waals surface area contributed by atoms with Crippen LogP contribution in [-0.4, -0.2) is 38.6 Å². The van der Waals surface area contributed by atoms with Crippen LogP contribution in [0.15, 0.2) is 79.1 Å². The second kappa shape index (κ2) is 9.13. The van der Waals surface area contributed by atoms with Gasteiger partial charge < -0.3 is 14.8 Å². The molecule has 5 aromatic rings. The Kier molecular flexibility index (Phi) is 5.73. The number of fused-ring (bicyclic) bond motifs is 1. The summed E-state index contributed by atoms with van der Waals surface area (Å²) in [4.78, 5) is 0. The lowest BCUT2D eigenvalue weighted by atomic mass is 10.1. The van der Waals surface area contributed by atoms with Crippen molar-refractivity contribution < 1.29 is 9.47 Å². The van der Waals surface area contributed by atoms with E-state index >= 15 is 0 Å². The van der Waals surface area contributed by atoms with Crippen molar-refractivity contribution >= 4 is 5.65 Å². The molecule has 0 saturated carbocycles. The van der Waals surface area contributed by atoms with E-state index in [9.17, 15) is 0 Å². The summed E-state index contributed by atoms with van der Waals surface area (Å²) >= 11 is 0. The molecule has 0 aliphatic carbocycles. The molecule has 166 valence electrons. The minimum atomic E-state index is 0.566. The van der Waals surface area contributed by atoms with Gasteiger partial charge in [-0.3, -0.25) is 4.40 Å². The summed E-state index contributed by atoms with van der Waals surface area (Å²) in [7, 11) is 3.31. The molecule has 0 spiro atoms. The number of nitrogens with zero attached hydrogens (tertiary/aromatic N) is 5. The average Bonchev–Trinajstić information content (AvgIpc) is 3.49. The molecule has 3 aromatic heterocycles. The normalized spacial score (nSPS) is 11.1. The molecule has 0 aliphatic rings. The molecular formula is C25H24N6O2. The Hall–Kier alpha value is -4.17. The molecule has 3 heterocycles. The molecule has 8 heteroatoms. The van der Waals surface area contributed by atoms with E-state index in [0.29, 0.717) is 13.1 Å². The van der Waals surface area contributed by atoms with Gasteiger partial charge in [0, 0.05) is 30.1 Å². The van der Waals surface area contributed by atoms with Crippen molar-refractivity contribution in [2.75, 3.05) is 14.2 Å². The largest absolute Gasteiger partial charge is 0.497 e. The van der Waals surface area contributed by atoms with E-state index in [4.69, 9.17) is 14.6 Å². The van der Waals surface area contributed by atoms with Gasteiger partial charge >= 0.3 is 0 Å². The monoisotopic (exact) mass is 440 g/mol. The third kappa shape index (κ3) is 4.16. The van der Waals surface area contributed by atoms with E-state index in [2.05, 4.69) is 15.5 Å². The predicted molar refractivity (Wildman–Crippen MR) is 126 cm³/mol. The molecule has 0 fully saturated rings. The highest BCUT2D eigenvalue weighted by Crippen LogP contribution is 2.35. The fourth-order valence-electron chi connectivity index (χ4n) is 3.80. The van der Waals surface area contributed by atoms with Crippen molar-refractivity contribution in [3.63, 3.8) is 0 Å². The van der Waals surface area contributed by atoms with Gasteiger partial charge in [-0.1, -0.05) is 24.3 Å².